The Hall–Kier alpha value is -0.520. The number of hydrogen-bond donors (Lipinski definition) is 0. The Balaban J connectivity index is 2.00. The lowest BCUT2D eigenvalue weighted by molar-refractivity contribution is 0.0695. The first kappa shape index (κ1) is 13.5. The largest absolute Gasteiger partial charge is 0.612 e. The maximum absolute atomic E-state index is 12.6. The van der Waals surface area contributed by atoms with Crippen molar-refractivity contribution in [3.63, 3.8) is 0 Å². The van der Waals surface area contributed by atoms with Gasteiger partial charge in [-0.2, -0.15) is 0 Å². The van der Waals surface area contributed by atoms with Gasteiger partial charge in [-0.05, 0) is 48.5 Å². The van der Waals surface area contributed by atoms with E-state index in [1.54, 1.807) is 12.3 Å². The number of benzene rings is 1. The Morgan fingerprint density at radius 3 is 2.74 bits per heavy atom. The summed E-state index contributed by atoms with van der Waals surface area (Å²) >= 11 is 2.30. The molecular weight excluding hydrogens is 326 g/mol. The molecule has 0 radical (unpaired) electrons. The Morgan fingerprint density at radius 2 is 2.16 bits per heavy atom. The van der Waals surface area contributed by atoms with Crippen molar-refractivity contribution in [1.29, 1.82) is 0 Å². The van der Waals surface area contributed by atoms with Crippen molar-refractivity contribution in [2.45, 2.75) is 37.2 Å². The van der Waals surface area contributed by atoms with Crippen LogP contribution in [0.3, 0.4) is 0 Å². The van der Waals surface area contributed by atoms with Crippen LogP contribution < -0.4 is 0 Å². The van der Waals surface area contributed by atoms with Gasteiger partial charge in [-0.15, -0.1) is 0 Å². The molecule has 19 heavy (non-hydrogen) atoms. The number of hydrogen-bond acceptors (Lipinski definition) is 2. The maximum Gasteiger partial charge on any atom is 0.259 e. The van der Waals surface area contributed by atoms with Gasteiger partial charge in [0.05, 0.1) is 5.56 Å². The molecule has 1 aliphatic carbocycles. The lowest BCUT2D eigenvalue weighted by Gasteiger charge is -2.24. The molecule has 2 aliphatic rings. The van der Waals surface area contributed by atoms with Crippen LogP contribution in [0.2, 0.25) is 0 Å². The highest BCUT2D eigenvalue weighted by atomic mass is 79.9. The SMILES string of the molecule is CC(C1CC1)N1Cc2cc(Br)cc([S+](C)[O-])c2C1=O. The molecule has 0 spiro atoms. The van der Waals surface area contributed by atoms with Crippen molar-refractivity contribution in [3.05, 3.63) is 27.7 Å². The number of fused-ring (bicyclic) bond motifs is 1. The first-order chi connectivity index (χ1) is 8.99. The third-order valence-electron chi connectivity index (χ3n) is 4.07. The number of carbonyl (C=O) groups is 1. The summed E-state index contributed by atoms with van der Waals surface area (Å²) in [5.41, 5.74) is 1.66. The van der Waals surface area contributed by atoms with Gasteiger partial charge >= 0.3 is 0 Å². The molecule has 1 aliphatic heterocycles. The van der Waals surface area contributed by atoms with Crippen molar-refractivity contribution < 1.29 is 9.35 Å². The Labute approximate surface area is 124 Å². The van der Waals surface area contributed by atoms with Crippen LogP contribution in [0.1, 0.15) is 35.7 Å². The van der Waals surface area contributed by atoms with E-state index in [0.29, 0.717) is 22.9 Å². The molecule has 0 bridgehead atoms. The molecule has 1 aromatic carbocycles. The molecule has 1 heterocycles. The van der Waals surface area contributed by atoms with E-state index in [9.17, 15) is 9.35 Å². The van der Waals surface area contributed by atoms with Crippen LogP contribution >= 0.6 is 15.9 Å². The second-order valence-electron chi connectivity index (χ2n) is 5.40. The molecular formula is C14H16BrNO2S. The highest BCUT2D eigenvalue weighted by Gasteiger charge is 2.41. The number of carbonyl (C=O) groups excluding carboxylic acids is 1. The zero-order valence-corrected chi connectivity index (χ0v) is 13.4. The Morgan fingerprint density at radius 1 is 1.47 bits per heavy atom. The van der Waals surface area contributed by atoms with Crippen LogP contribution in [0.25, 0.3) is 0 Å². The lowest BCUT2D eigenvalue weighted by Crippen LogP contribution is -2.35. The number of halogens is 1. The maximum atomic E-state index is 12.6. The monoisotopic (exact) mass is 341 g/mol. The third kappa shape index (κ3) is 2.32. The molecule has 0 N–H and O–H groups in total. The minimum absolute atomic E-state index is 0.0482. The molecule has 102 valence electrons. The highest BCUT2D eigenvalue weighted by molar-refractivity contribution is 9.10. The number of rotatable bonds is 3. The topological polar surface area (TPSA) is 43.4 Å². The highest BCUT2D eigenvalue weighted by Crippen LogP contribution is 2.40. The molecule has 0 aromatic heterocycles. The van der Waals surface area contributed by atoms with Crippen molar-refractivity contribution >= 4 is 33.0 Å². The summed E-state index contributed by atoms with van der Waals surface area (Å²) in [6, 6.07) is 4.07. The fraction of sp³-hybridized carbons (Fsp3) is 0.500. The van der Waals surface area contributed by atoms with Gasteiger partial charge in [0.25, 0.3) is 5.91 Å². The first-order valence-corrected chi connectivity index (χ1v) is 8.81. The van der Waals surface area contributed by atoms with Gasteiger partial charge in [0.15, 0.2) is 4.90 Å². The van der Waals surface area contributed by atoms with E-state index in [1.165, 1.54) is 12.8 Å². The second-order valence-corrected chi connectivity index (χ2v) is 7.67. The van der Waals surface area contributed by atoms with Crippen LogP contribution in [0.15, 0.2) is 21.5 Å². The fourth-order valence-electron chi connectivity index (χ4n) is 2.79. The van der Waals surface area contributed by atoms with Crippen molar-refractivity contribution in [1.82, 2.24) is 4.90 Å². The second kappa shape index (κ2) is 4.79. The smallest absolute Gasteiger partial charge is 0.259 e. The molecule has 1 fully saturated rings. The van der Waals surface area contributed by atoms with E-state index in [-0.39, 0.29) is 11.9 Å². The number of nitrogens with zero attached hydrogens (tertiary/aromatic N) is 1. The third-order valence-corrected chi connectivity index (χ3v) is 5.47. The van der Waals surface area contributed by atoms with Crippen LogP contribution in [0.5, 0.6) is 0 Å². The summed E-state index contributed by atoms with van der Waals surface area (Å²) in [5, 5.41) is 0. The van der Waals surface area contributed by atoms with E-state index < -0.39 is 11.2 Å². The van der Waals surface area contributed by atoms with Gasteiger partial charge in [0, 0.05) is 23.1 Å². The zero-order valence-electron chi connectivity index (χ0n) is 11.0. The standard InChI is InChI=1S/C14H16BrNO2S/c1-8(9-3-4-9)16-7-10-5-11(15)6-12(19(2)18)13(10)14(16)17/h5-6,8-9H,3-4,7H2,1-2H3. The van der Waals surface area contributed by atoms with E-state index in [2.05, 4.69) is 22.9 Å². The average Bonchev–Trinajstić information content (AvgIpc) is 3.13. The Kier molecular flexibility index (Phi) is 3.39. The predicted molar refractivity (Wildman–Crippen MR) is 78.5 cm³/mol. The minimum Gasteiger partial charge on any atom is -0.612 e. The van der Waals surface area contributed by atoms with Crippen LogP contribution in [0.4, 0.5) is 0 Å². The molecule has 1 saturated carbocycles. The zero-order chi connectivity index (χ0) is 13.7. The van der Waals surface area contributed by atoms with Gasteiger partial charge in [0.1, 0.15) is 6.26 Å². The minimum atomic E-state index is -1.14. The van der Waals surface area contributed by atoms with Crippen molar-refractivity contribution in [2.75, 3.05) is 6.26 Å². The average molecular weight is 342 g/mol. The first-order valence-electron chi connectivity index (χ1n) is 6.46. The molecule has 2 atom stereocenters. The predicted octanol–water partition coefficient (Wildman–Crippen LogP) is 2.94. The van der Waals surface area contributed by atoms with E-state index in [4.69, 9.17) is 0 Å². The molecule has 1 aromatic rings. The van der Waals surface area contributed by atoms with E-state index >= 15 is 0 Å². The summed E-state index contributed by atoms with van der Waals surface area (Å²) in [6.45, 7) is 2.77. The van der Waals surface area contributed by atoms with E-state index in [1.807, 2.05) is 11.0 Å². The summed E-state index contributed by atoms with van der Waals surface area (Å²) in [6.07, 6.45) is 4.07. The molecule has 0 saturated heterocycles. The van der Waals surface area contributed by atoms with Gasteiger partial charge in [-0.25, -0.2) is 0 Å². The molecule has 3 nitrogen and oxygen atoms in total. The summed E-state index contributed by atoms with van der Waals surface area (Å²) in [5.74, 6) is 0.698. The molecule has 5 heteroatoms. The fourth-order valence-corrected chi connectivity index (χ4v) is 4.25. The van der Waals surface area contributed by atoms with Crippen LogP contribution in [-0.4, -0.2) is 27.7 Å². The van der Waals surface area contributed by atoms with E-state index in [0.717, 1.165) is 10.0 Å². The van der Waals surface area contributed by atoms with Gasteiger partial charge in [-0.1, -0.05) is 15.9 Å². The Bertz CT molecular complexity index is 542. The molecule has 1 amide bonds. The molecule has 3 rings (SSSR count). The lowest BCUT2D eigenvalue weighted by atomic mass is 10.1. The number of amides is 1. The van der Waals surface area contributed by atoms with Crippen molar-refractivity contribution in [2.24, 2.45) is 5.92 Å². The summed E-state index contributed by atoms with van der Waals surface area (Å²) in [4.78, 5) is 15.2. The van der Waals surface area contributed by atoms with Gasteiger partial charge < -0.3 is 9.45 Å². The van der Waals surface area contributed by atoms with Gasteiger partial charge in [0.2, 0.25) is 0 Å². The van der Waals surface area contributed by atoms with Crippen LogP contribution in [0, 0.1) is 5.92 Å². The van der Waals surface area contributed by atoms with Gasteiger partial charge in [-0.3, -0.25) is 4.79 Å². The quantitative estimate of drug-likeness (QED) is 0.793. The van der Waals surface area contributed by atoms with Crippen molar-refractivity contribution in [3.8, 4) is 0 Å². The summed E-state index contributed by atoms with van der Waals surface area (Å²) < 4.78 is 12.7. The molecule has 2 unspecified atom stereocenters. The summed E-state index contributed by atoms with van der Waals surface area (Å²) in [7, 11) is 0. The normalized spacial score (nSPS) is 21.5. The van der Waals surface area contributed by atoms with Crippen LogP contribution in [-0.2, 0) is 17.7 Å².